The highest BCUT2D eigenvalue weighted by atomic mass is 127. The van der Waals surface area contributed by atoms with E-state index in [1.807, 2.05) is 0 Å². The molecular weight excluding hydrogens is 476 g/mol. The third-order valence-corrected chi connectivity index (χ3v) is 7.91. The Morgan fingerprint density at radius 2 is 1.84 bits per heavy atom. The van der Waals surface area contributed by atoms with E-state index in [1.165, 1.54) is 0 Å². The van der Waals surface area contributed by atoms with Gasteiger partial charge in [-0.05, 0) is 50.4 Å². The largest absolute Gasteiger partial charge is 0.743 e. The van der Waals surface area contributed by atoms with Crippen molar-refractivity contribution in [2.45, 2.75) is 59.8 Å². The number of ether oxygens (including phenoxy) is 1. The zero-order chi connectivity index (χ0) is 18.7. The van der Waals surface area contributed by atoms with Crippen molar-refractivity contribution in [1.82, 2.24) is 0 Å². The van der Waals surface area contributed by atoms with Gasteiger partial charge in [0.1, 0.15) is 0 Å². The summed E-state index contributed by atoms with van der Waals surface area (Å²) in [5.74, 6) is 0.396. The molecule has 0 aromatic carbocycles. The first-order chi connectivity index (χ1) is 11.4. The Kier molecular flexibility index (Phi) is 4.89. The molecule has 3 unspecified atom stereocenters. The van der Waals surface area contributed by atoms with Crippen LogP contribution in [-0.4, -0.2) is 40.4 Å². The van der Waals surface area contributed by atoms with Crippen molar-refractivity contribution < 1.29 is 35.7 Å². The van der Waals surface area contributed by atoms with Crippen LogP contribution in [-0.2, 0) is 19.6 Å². The van der Waals surface area contributed by atoms with Crippen LogP contribution < -0.4 is 0 Å². The van der Waals surface area contributed by atoms with Gasteiger partial charge in [-0.3, -0.25) is 4.79 Å². The van der Waals surface area contributed by atoms with Crippen LogP contribution in [0, 0.1) is 17.3 Å². The van der Waals surface area contributed by atoms with Gasteiger partial charge in [0, 0.05) is 9.84 Å². The zero-order valence-corrected chi connectivity index (χ0v) is 16.3. The summed E-state index contributed by atoms with van der Waals surface area (Å²) in [6.07, 6.45) is 1.09. The summed E-state index contributed by atoms with van der Waals surface area (Å²) in [6.45, 7) is -0.670. The van der Waals surface area contributed by atoms with Crippen molar-refractivity contribution in [2.75, 3.05) is 6.61 Å². The second-order valence-corrected chi connectivity index (χ2v) is 11.5. The Morgan fingerprint density at radius 1 is 1.28 bits per heavy atom. The van der Waals surface area contributed by atoms with E-state index >= 15 is 0 Å². The molecule has 4 bridgehead atoms. The van der Waals surface area contributed by atoms with Gasteiger partial charge in [0.25, 0.3) is 0 Å². The topological polar surface area (TPSA) is 83.5 Å². The summed E-state index contributed by atoms with van der Waals surface area (Å²) in [5.41, 5.74) is -0.635. The lowest BCUT2D eigenvalue weighted by Gasteiger charge is -2.58. The molecule has 0 heterocycles. The fourth-order valence-electron chi connectivity index (χ4n) is 5.12. The number of esters is 1. The van der Waals surface area contributed by atoms with Gasteiger partial charge in [-0.15, -0.1) is 0 Å². The Morgan fingerprint density at radius 3 is 2.32 bits per heavy atom. The normalized spacial score (nSPS) is 38.6. The molecule has 10 heteroatoms. The van der Waals surface area contributed by atoms with E-state index in [0.717, 1.165) is 19.3 Å². The molecule has 0 aliphatic heterocycles. The van der Waals surface area contributed by atoms with Gasteiger partial charge in [0.2, 0.25) is 0 Å². The van der Waals surface area contributed by atoms with Crippen molar-refractivity contribution in [3.8, 4) is 0 Å². The summed E-state index contributed by atoms with van der Waals surface area (Å²) in [7, 11) is -6.10. The van der Waals surface area contributed by atoms with Gasteiger partial charge in [0.05, 0.1) is 12.0 Å². The first-order valence-corrected chi connectivity index (χ1v) is 10.7. The lowest BCUT2D eigenvalue weighted by molar-refractivity contribution is -0.170. The van der Waals surface area contributed by atoms with Crippen LogP contribution in [0.3, 0.4) is 0 Å². The summed E-state index contributed by atoms with van der Waals surface area (Å²) < 4.78 is 75.9. The minimum absolute atomic E-state index is 0.0627. The quantitative estimate of drug-likeness (QED) is 0.245. The molecule has 4 fully saturated rings. The molecule has 0 amide bonds. The molecule has 144 valence electrons. The zero-order valence-electron chi connectivity index (χ0n) is 13.4. The number of carbonyl (C=O) groups excluding carboxylic acids is 1. The molecule has 25 heavy (non-hydrogen) atoms. The second-order valence-electron chi connectivity index (χ2n) is 7.80. The van der Waals surface area contributed by atoms with Gasteiger partial charge >= 0.3 is 11.2 Å². The first kappa shape index (κ1) is 19.7. The number of rotatable bonds is 6. The maximum absolute atomic E-state index is 13.4. The summed E-state index contributed by atoms with van der Waals surface area (Å²) in [5, 5.41) is -5.02. The van der Waals surface area contributed by atoms with E-state index in [4.69, 9.17) is 4.74 Å². The van der Waals surface area contributed by atoms with Crippen molar-refractivity contribution in [2.24, 2.45) is 17.3 Å². The molecule has 5 nitrogen and oxygen atoms in total. The van der Waals surface area contributed by atoms with E-state index in [0.29, 0.717) is 31.1 Å². The lowest BCUT2D eigenvalue weighted by atomic mass is 9.49. The highest BCUT2D eigenvalue weighted by molar-refractivity contribution is 14.1. The van der Waals surface area contributed by atoms with Crippen LogP contribution in [0.25, 0.3) is 0 Å². The smallest absolute Gasteiger partial charge is 0.364 e. The molecule has 0 radical (unpaired) electrons. The molecule has 4 aliphatic rings. The van der Waals surface area contributed by atoms with Crippen LogP contribution in [0.2, 0.25) is 0 Å². The predicted molar refractivity (Wildman–Crippen MR) is 89.0 cm³/mol. The highest BCUT2D eigenvalue weighted by Crippen LogP contribution is 2.64. The van der Waals surface area contributed by atoms with Crippen LogP contribution in [0.4, 0.5) is 13.2 Å². The third kappa shape index (κ3) is 3.54. The number of carbonyl (C=O) groups is 1. The molecule has 4 aliphatic carbocycles. The second kappa shape index (κ2) is 6.22. The Hall–Kier alpha value is -0.100. The molecule has 0 N–H and O–H groups in total. The number of hydrogen-bond acceptors (Lipinski definition) is 5. The van der Waals surface area contributed by atoms with Gasteiger partial charge in [-0.1, -0.05) is 22.6 Å². The molecular formula is C15H19F3IO5S-. The third-order valence-electron chi connectivity index (χ3n) is 5.73. The average molecular weight is 495 g/mol. The molecule has 0 spiro atoms. The van der Waals surface area contributed by atoms with E-state index in [1.54, 1.807) is 0 Å². The maximum atomic E-state index is 13.4. The van der Waals surface area contributed by atoms with Gasteiger partial charge < -0.3 is 9.29 Å². The van der Waals surface area contributed by atoms with Crippen molar-refractivity contribution in [1.29, 1.82) is 0 Å². The van der Waals surface area contributed by atoms with E-state index < -0.39 is 46.0 Å². The fourth-order valence-corrected chi connectivity index (χ4v) is 7.53. The number of hydrogen-bond donors (Lipinski definition) is 0. The van der Waals surface area contributed by atoms with Gasteiger partial charge in [0.15, 0.2) is 16.3 Å². The Balaban J connectivity index is 1.59. The highest BCUT2D eigenvalue weighted by Gasteiger charge is 2.60. The fraction of sp³-hybridized carbons (Fsp3) is 0.933. The molecule has 4 saturated carbocycles. The van der Waals surface area contributed by atoms with Crippen LogP contribution in [0.15, 0.2) is 0 Å². The monoisotopic (exact) mass is 495 g/mol. The van der Waals surface area contributed by atoms with Crippen LogP contribution in [0.5, 0.6) is 0 Å². The average Bonchev–Trinajstić information content (AvgIpc) is 2.42. The van der Waals surface area contributed by atoms with Crippen molar-refractivity contribution in [3.63, 3.8) is 0 Å². The van der Waals surface area contributed by atoms with Crippen LogP contribution in [0.1, 0.15) is 44.9 Å². The summed E-state index contributed by atoms with van der Waals surface area (Å²) in [6, 6.07) is 0. The molecule has 4 rings (SSSR count). The SMILES string of the molecule is O=C(OCCC(F)C(F)(F)S(=O)(=O)[O-])C12CC3CC(CC(I)(C3)C1)C2. The number of alkyl halides is 4. The van der Waals surface area contributed by atoms with Gasteiger partial charge in [-0.2, -0.15) is 8.78 Å². The first-order valence-electron chi connectivity index (χ1n) is 8.20. The Labute approximate surface area is 157 Å². The minimum Gasteiger partial charge on any atom is -0.743 e. The predicted octanol–water partition coefficient (Wildman–Crippen LogP) is 3.17. The van der Waals surface area contributed by atoms with E-state index in [-0.39, 0.29) is 3.42 Å². The molecule has 3 atom stereocenters. The van der Waals surface area contributed by atoms with Crippen LogP contribution >= 0.6 is 22.6 Å². The molecule has 0 aromatic heterocycles. The minimum atomic E-state index is -6.10. The molecule has 0 aromatic rings. The van der Waals surface area contributed by atoms with Crippen molar-refractivity contribution in [3.05, 3.63) is 0 Å². The Bertz CT molecular complexity index is 654. The summed E-state index contributed by atoms with van der Waals surface area (Å²) in [4.78, 5) is 12.6. The number of halogens is 4. The summed E-state index contributed by atoms with van der Waals surface area (Å²) >= 11 is 2.41. The van der Waals surface area contributed by atoms with Crippen molar-refractivity contribution >= 4 is 38.7 Å². The standard InChI is InChI=1S/C15H20F3IO5S/c16-11(15(17,18)25(21,22)23)1-2-24-12(20)13-4-9-3-10(5-13)7-14(19,6-9)8-13/h9-11H,1-8H2,(H,21,22,23)/p-1. The molecule has 0 saturated heterocycles. The maximum Gasteiger partial charge on any atom is 0.364 e. The lowest BCUT2D eigenvalue weighted by Crippen LogP contribution is -2.56. The van der Waals surface area contributed by atoms with E-state index in [2.05, 4.69) is 22.6 Å². The van der Waals surface area contributed by atoms with Gasteiger partial charge in [-0.25, -0.2) is 12.8 Å². The van der Waals surface area contributed by atoms with E-state index in [9.17, 15) is 30.9 Å².